The van der Waals surface area contributed by atoms with Crippen molar-refractivity contribution >= 4 is 27.4 Å². The zero-order chi connectivity index (χ0) is 22.3. The number of benzene rings is 2. The average molecular weight is 463 g/mol. The van der Waals surface area contributed by atoms with Crippen molar-refractivity contribution < 1.29 is 13.2 Å². The lowest BCUT2D eigenvalue weighted by Crippen LogP contribution is -2.32. The minimum atomic E-state index is -3.18. The van der Waals surface area contributed by atoms with E-state index in [1.54, 1.807) is 0 Å². The Labute approximate surface area is 190 Å². The van der Waals surface area contributed by atoms with E-state index in [2.05, 4.69) is 5.32 Å². The molecule has 3 rings (SSSR count). The van der Waals surface area contributed by atoms with Gasteiger partial charge in [-0.3, -0.25) is 4.79 Å². The highest BCUT2D eigenvalue weighted by Crippen LogP contribution is 2.20. The molecule has 2 aromatic rings. The fraction of sp³-hybridized carbons (Fsp3) is 0.458. The summed E-state index contributed by atoms with van der Waals surface area (Å²) in [4.78, 5) is 12.6. The Morgan fingerprint density at radius 1 is 1.03 bits per heavy atom. The van der Waals surface area contributed by atoms with Gasteiger partial charge in [0.15, 0.2) is 5.78 Å². The summed E-state index contributed by atoms with van der Waals surface area (Å²) >= 11 is 6.17. The van der Waals surface area contributed by atoms with Gasteiger partial charge in [-0.25, -0.2) is 12.7 Å². The van der Waals surface area contributed by atoms with E-state index in [0.717, 1.165) is 59.6 Å². The smallest absolute Gasteiger partial charge is 0.211 e. The number of sulfonamides is 1. The monoisotopic (exact) mass is 462 g/mol. The largest absolute Gasteiger partial charge is 0.316 e. The lowest BCUT2D eigenvalue weighted by Gasteiger charge is -2.16. The predicted octanol–water partition coefficient (Wildman–Crippen LogP) is 3.89. The van der Waals surface area contributed by atoms with E-state index < -0.39 is 10.0 Å². The molecule has 0 saturated carbocycles. The molecule has 0 saturated heterocycles. The maximum atomic E-state index is 12.6. The number of nitrogens with zero attached hydrogens (tertiary/aromatic N) is 1. The number of carbonyl (C=O) groups excluding carboxylic acids is 1. The van der Waals surface area contributed by atoms with Crippen LogP contribution >= 0.6 is 11.6 Å². The Balaban J connectivity index is 1.39. The van der Waals surface area contributed by atoms with Crippen LogP contribution in [0.15, 0.2) is 42.5 Å². The molecule has 0 fully saturated rings. The Kier molecular flexibility index (Phi) is 8.67. The van der Waals surface area contributed by atoms with Crippen molar-refractivity contribution in [1.82, 2.24) is 9.62 Å². The fourth-order valence-electron chi connectivity index (χ4n) is 3.94. The number of nitrogens with one attached hydrogen (secondary N) is 1. The lowest BCUT2D eigenvalue weighted by atomic mass is 9.97. The van der Waals surface area contributed by atoms with Crippen LogP contribution in [0.2, 0.25) is 5.02 Å². The summed E-state index contributed by atoms with van der Waals surface area (Å²) in [7, 11) is -3.18. The number of hydrogen-bond acceptors (Lipinski definition) is 4. The van der Waals surface area contributed by atoms with E-state index in [0.29, 0.717) is 32.4 Å². The zero-order valence-corrected chi connectivity index (χ0v) is 19.6. The molecule has 1 aliphatic heterocycles. The normalized spacial score (nSPS) is 14.8. The number of Topliss-reactive ketones (excluding diaryl/α,β-unsaturated/α-hetero) is 1. The number of carbonyl (C=O) groups is 1. The van der Waals surface area contributed by atoms with Gasteiger partial charge in [-0.1, -0.05) is 41.9 Å². The minimum Gasteiger partial charge on any atom is -0.316 e. The summed E-state index contributed by atoms with van der Waals surface area (Å²) in [6.45, 7) is 2.72. The van der Waals surface area contributed by atoms with Crippen LogP contribution in [0.5, 0.6) is 0 Å². The van der Waals surface area contributed by atoms with Gasteiger partial charge in [0.25, 0.3) is 0 Å². The highest BCUT2D eigenvalue weighted by atomic mass is 35.5. The SMILES string of the molecule is CS(=O)(=O)N1CCc2ccc(C(=O)CCCCNCCc3ccccc3Cl)cc2CC1. The second kappa shape index (κ2) is 11.2. The Bertz CT molecular complexity index is 1010. The van der Waals surface area contributed by atoms with E-state index in [4.69, 9.17) is 11.6 Å². The molecule has 168 valence electrons. The molecule has 0 aliphatic carbocycles. The average Bonchev–Trinajstić information content (AvgIpc) is 2.96. The molecule has 1 N–H and O–H groups in total. The highest BCUT2D eigenvalue weighted by Gasteiger charge is 2.21. The van der Waals surface area contributed by atoms with E-state index in [1.165, 1.54) is 10.6 Å². The van der Waals surface area contributed by atoms with Crippen molar-refractivity contribution in [2.45, 2.75) is 38.5 Å². The molecule has 0 amide bonds. The number of ketones is 1. The van der Waals surface area contributed by atoms with E-state index in [1.807, 2.05) is 42.5 Å². The maximum Gasteiger partial charge on any atom is 0.211 e. The first kappa shape index (κ1) is 23.9. The molecule has 5 nitrogen and oxygen atoms in total. The second-order valence-electron chi connectivity index (χ2n) is 8.12. The van der Waals surface area contributed by atoms with Gasteiger partial charge in [0.1, 0.15) is 0 Å². The molecule has 31 heavy (non-hydrogen) atoms. The molecule has 7 heteroatoms. The van der Waals surface area contributed by atoms with Crippen LogP contribution in [0, 0.1) is 0 Å². The van der Waals surface area contributed by atoms with Crippen LogP contribution in [-0.2, 0) is 29.3 Å². The maximum absolute atomic E-state index is 12.6. The first-order chi connectivity index (χ1) is 14.8. The van der Waals surface area contributed by atoms with Gasteiger partial charge in [0.2, 0.25) is 10.0 Å². The standard InChI is InChI=1S/C24H31ClN2O3S/c1-31(29,30)27-16-12-19-9-10-22(18-21(19)13-17-27)24(28)8-4-5-14-26-15-11-20-6-2-3-7-23(20)25/h2-3,6-7,9-10,18,26H,4-5,8,11-17H2,1H3. The van der Waals surface area contributed by atoms with Gasteiger partial charge in [-0.05, 0) is 74.0 Å². The molecular formula is C24H31ClN2O3S. The molecule has 0 atom stereocenters. The summed E-state index contributed by atoms with van der Waals surface area (Å²) in [6.07, 6.45) is 5.81. The Morgan fingerprint density at radius 3 is 2.52 bits per heavy atom. The Hall–Kier alpha value is -1.73. The van der Waals surface area contributed by atoms with Crippen molar-refractivity contribution in [3.63, 3.8) is 0 Å². The van der Waals surface area contributed by atoms with Gasteiger partial charge in [0.05, 0.1) is 6.26 Å². The molecular weight excluding hydrogens is 432 g/mol. The van der Waals surface area contributed by atoms with Gasteiger partial charge in [-0.15, -0.1) is 0 Å². The summed E-state index contributed by atoms with van der Waals surface area (Å²) < 4.78 is 25.2. The number of unbranched alkanes of at least 4 members (excludes halogenated alkanes) is 1. The van der Waals surface area contributed by atoms with Gasteiger partial charge >= 0.3 is 0 Å². The molecule has 0 radical (unpaired) electrons. The van der Waals surface area contributed by atoms with E-state index in [-0.39, 0.29) is 5.78 Å². The van der Waals surface area contributed by atoms with Crippen LogP contribution in [0.25, 0.3) is 0 Å². The van der Waals surface area contributed by atoms with Gasteiger partial charge < -0.3 is 5.32 Å². The molecule has 0 unspecified atom stereocenters. The van der Waals surface area contributed by atoms with Crippen LogP contribution < -0.4 is 5.32 Å². The van der Waals surface area contributed by atoms with Crippen LogP contribution in [0.4, 0.5) is 0 Å². The highest BCUT2D eigenvalue weighted by molar-refractivity contribution is 7.88. The molecule has 2 aromatic carbocycles. The van der Waals surface area contributed by atoms with Crippen molar-refractivity contribution in [2.24, 2.45) is 0 Å². The first-order valence-corrected chi connectivity index (χ1v) is 13.1. The van der Waals surface area contributed by atoms with Crippen LogP contribution in [-0.4, -0.2) is 50.9 Å². The zero-order valence-electron chi connectivity index (χ0n) is 18.1. The first-order valence-electron chi connectivity index (χ1n) is 10.9. The number of hydrogen-bond donors (Lipinski definition) is 1. The van der Waals surface area contributed by atoms with Crippen molar-refractivity contribution in [3.8, 4) is 0 Å². The lowest BCUT2D eigenvalue weighted by molar-refractivity contribution is 0.0979. The molecule has 0 aromatic heterocycles. The third-order valence-corrected chi connectivity index (χ3v) is 7.47. The number of halogens is 1. The third-order valence-electron chi connectivity index (χ3n) is 5.79. The molecule has 1 heterocycles. The molecule has 0 spiro atoms. The summed E-state index contributed by atoms with van der Waals surface area (Å²) in [6, 6.07) is 13.7. The third kappa shape index (κ3) is 7.14. The summed E-state index contributed by atoms with van der Waals surface area (Å²) in [5.74, 6) is 0.156. The quantitative estimate of drug-likeness (QED) is 0.429. The van der Waals surface area contributed by atoms with Crippen molar-refractivity contribution in [1.29, 1.82) is 0 Å². The fourth-order valence-corrected chi connectivity index (χ4v) is 5.01. The number of rotatable bonds is 10. The van der Waals surface area contributed by atoms with E-state index >= 15 is 0 Å². The Morgan fingerprint density at radius 2 is 1.77 bits per heavy atom. The molecule has 0 bridgehead atoms. The second-order valence-corrected chi connectivity index (χ2v) is 10.5. The predicted molar refractivity (Wildman–Crippen MR) is 126 cm³/mol. The van der Waals surface area contributed by atoms with Gasteiger partial charge in [-0.2, -0.15) is 0 Å². The topological polar surface area (TPSA) is 66.5 Å². The summed E-state index contributed by atoms with van der Waals surface area (Å²) in [5, 5.41) is 4.22. The molecule has 1 aliphatic rings. The summed E-state index contributed by atoms with van der Waals surface area (Å²) in [5.41, 5.74) is 4.12. The van der Waals surface area contributed by atoms with Crippen LogP contribution in [0.1, 0.15) is 46.3 Å². The number of fused-ring (bicyclic) bond motifs is 1. The van der Waals surface area contributed by atoms with Crippen LogP contribution in [0.3, 0.4) is 0 Å². The van der Waals surface area contributed by atoms with E-state index in [9.17, 15) is 13.2 Å². The minimum absolute atomic E-state index is 0.156. The van der Waals surface area contributed by atoms with Gasteiger partial charge in [0, 0.05) is 30.1 Å². The van der Waals surface area contributed by atoms with Crippen molar-refractivity contribution in [3.05, 3.63) is 69.7 Å². The van der Waals surface area contributed by atoms with Crippen molar-refractivity contribution in [2.75, 3.05) is 32.4 Å².